The Balaban J connectivity index is 1.92. The summed E-state index contributed by atoms with van der Waals surface area (Å²) in [6, 6.07) is 20.3. The summed E-state index contributed by atoms with van der Waals surface area (Å²) in [5.74, 6) is 2.56. The Hall–Kier alpha value is -2.98. The molecule has 0 unspecified atom stereocenters. The molecule has 28 heavy (non-hydrogen) atoms. The first-order valence-electron chi connectivity index (χ1n) is 9.38. The predicted molar refractivity (Wildman–Crippen MR) is 117 cm³/mol. The Bertz CT molecular complexity index is 1070. The second kappa shape index (κ2) is 7.21. The summed E-state index contributed by atoms with van der Waals surface area (Å²) in [6.45, 7) is 6.98. The average Bonchev–Trinajstić information content (AvgIpc) is 3.35. The van der Waals surface area contributed by atoms with E-state index in [4.69, 9.17) is 13.6 Å². The lowest BCUT2D eigenvalue weighted by Crippen LogP contribution is -2.37. The van der Waals surface area contributed by atoms with E-state index >= 15 is 0 Å². The molecule has 4 aromatic rings. The van der Waals surface area contributed by atoms with Crippen molar-refractivity contribution in [1.29, 1.82) is 0 Å². The van der Waals surface area contributed by atoms with Crippen LogP contribution in [0.4, 0.5) is 0 Å². The summed E-state index contributed by atoms with van der Waals surface area (Å²) in [5, 5.41) is 1.26. The van der Waals surface area contributed by atoms with Crippen molar-refractivity contribution in [3.05, 3.63) is 73.2 Å². The van der Waals surface area contributed by atoms with E-state index < -0.39 is 8.07 Å². The Kier molecular flexibility index (Phi) is 4.73. The van der Waals surface area contributed by atoms with Gasteiger partial charge in [-0.1, -0.05) is 62.1 Å². The van der Waals surface area contributed by atoms with E-state index in [1.54, 1.807) is 13.4 Å². The second-order valence-electron chi connectivity index (χ2n) is 7.86. The lowest BCUT2D eigenvalue weighted by molar-refractivity contribution is 0.415. The molecule has 2 heterocycles. The van der Waals surface area contributed by atoms with Gasteiger partial charge < -0.3 is 13.6 Å². The van der Waals surface area contributed by atoms with Crippen molar-refractivity contribution in [2.24, 2.45) is 0 Å². The largest absolute Gasteiger partial charge is 0.497 e. The molecular formula is C24H24O3Si. The van der Waals surface area contributed by atoms with E-state index in [1.165, 1.54) is 5.19 Å². The molecule has 0 saturated carbocycles. The molecule has 0 radical (unpaired) electrons. The zero-order valence-corrected chi connectivity index (χ0v) is 17.7. The Morgan fingerprint density at radius 3 is 2.11 bits per heavy atom. The predicted octanol–water partition coefficient (Wildman–Crippen LogP) is 6.43. The highest BCUT2D eigenvalue weighted by Crippen LogP contribution is 2.40. The molecule has 0 fully saturated rings. The van der Waals surface area contributed by atoms with E-state index in [2.05, 4.69) is 43.9 Å². The molecule has 3 nitrogen and oxygen atoms in total. The SMILES string of the molecule is COc1ccc(-c2ccoc2-c2c([Si](C)(C)C)coc2-c2ccccc2)cc1. The highest BCUT2D eigenvalue weighted by molar-refractivity contribution is 6.89. The number of rotatable bonds is 5. The highest BCUT2D eigenvalue weighted by Gasteiger charge is 2.30. The number of hydrogen-bond acceptors (Lipinski definition) is 3. The molecule has 2 aromatic carbocycles. The van der Waals surface area contributed by atoms with Gasteiger partial charge in [0.25, 0.3) is 0 Å². The van der Waals surface area contributed by atoms with E-state index in [-0.39, 0.29) is 0 Å². The highest BCUT2D eigenvalue weighted by atomic mass is 28.3. The van der Waals surface area contributed by atoms with Gasteiger partial charge in [-0.3, -0.25) is 0 Å². The fraction of sp³-hybridized carbons (Fsp3) is 0.167. The molecule has 0 spiro atoms. The summed E-state index contributed by atoms with van der Waals surface area (Å²) in [7, 11) is 0.0183. The number of benzene rings is 2. The first-order valence-corrected chi connectivity index (χ1v) is 12.9. The van der Waals surface area contributed by atoms with E-state index in [9.17, 15) is 0 Å². The van der Waals surface area contributed by atoms with Crippen molar-refractivity contribution in [3.8, 4) is 39.5 Å². The summed E-state index contributed by atoms with van der Waals surface area (Å²) in [4.78, 5) is 0. The van der Waals surface area contributed by atoms with Gasteiger partial charge in [0.15, 0.2) is 0 Å². The molecular weight excluding hydrogens is 364 g/mol. The number of methoxy groups -OCH3 is 1. The van der Waals surface area contributed by atoms with Crippen LogP contribution in [0.25, 0.3) is 33.8 Å². The maximum Gasteiger partial charge on any atom is 0.145 e. The first-order chi connectivity index (χ1) is 13.5. The van der Waals surface area contributed by atoms with Crippen molar-refractivity contribution >= 4 is 13.3 Å². The van der Waals surface area contributed by atoms with Crippen molar-refractivity contribution in [1.82, 2.24) is 0 Å². The van der Waals surface area contributed by atoms with Gasteiger partial charge in [-0.2, -0.15) is 0 Å². The van der Waals surface area contributed by atoms with Gasteiger partial charge in [0.1, 0.15) is 17.3 Å². The van der Waals surface area contributed by atoms with Crippen LogP contribution in [0.3, 0.4) is 0 Å². The summed E-state index contributed by atoms with van der Waals surface area (Å²) >= 11 is 0. The van der Waals surface area contributed by atoms with Crippen LogP contribution in [0.5, 0.6) is 5.75 Å². The van der Waals surface area contributed by atoms with Crippen LogP contribution in [-0.4, -0.2) is 15.2 Å². The van der Waals surface area contributed by atoms with Crippen LogP contribution in [0.2, 0.25) is 19.6 Å². The molecule has 0 aliphatic heterocycles. The normalized spacial score (nSPS) is 11.6. The quantitative estimate of drug-likeness (QED) is 0.370. The number of hydrogen-bond donors (Lipinski definition) is 0. The first kappa shape index (κ1) is 18.4. The van der Waals surface area contributed by atoms with Crippen LogP contribution in [0.1, 0.15) is 0 Å². The van der Waals surface area contributed by atoms with Crippen LogP contribution < -0.4 is 9.92 Å². The fourth-order valence-corrected chi connectivity index (χ4v) is 4.83. The molecule has 0 aliphatic carbocycles. The lowest BCUT2D eigenvalue weighted by Gasteiger charge is -2.16. The van der Waals surface area contributed by atoms with Crippen molar-refractivity contribution in [2.75, 3.05) is 7.11 Å². The maximum absolute atomic E-state index is 6.11. The standard InChI is InChI=1S/C24H24O3Si/c1-25-19-12-10-17(11-13-19)20-14-15-26-24(20)22-21(28(2,3)4)16-27-23(22)18-8-6-5-7-9-18/h5-16H,1-4H3. The molecule has 0 amide bonds. The topological polar surface area (TPSA) is 35.5 Å². The molecule has 142 valence electrons. The van der Waals surface area contributed by atoms with E-state index in [0.717, 1.165) is 39.5 Å². The van der Waals surface area contributed by atoms with Gasteiger partial charge in [-0.05, 0) is 28.9 Å². The minimum atomic E-state index is -1.66. The lowest BCUT2D eigenvalue weighted by atomic mass is 10.00. The zero-order chi connectivity index (χ0) is 19.7. The molecule has 2 aromatic heterocycles. The average molecular weight is 389 g/mol. The van der Waals surface area contributed by atoms with Gasteiger partial charge in [0.2, 0.25) is 0 Å². The summed E-state index contributed by atoms with van der Waals surface area (Å²) in [6.07, 6.45) is 3.68. The third-order valence-corrected chi connectivity index (χ3v) is 6.91. The minimum absolute atomic E-state index is 0.838. The monoisotopic (exact) mass is 388 g/mol. The van der Waals surface area contributed by atoms with Crippen LogP contribution in [-0.2, 0) is 0 Å². The second-order valence-corrected chi connectivity index (χ2v) is 12.9. The molecule has 0 saturated heterocycles. The number of furan rings is 2. The van der Waals surface area contributed by atoms with Crippen LogP contribution in [0, 0.1) is 0 Å². The van der Waals surface area contributed by atoms with Crippen LogP contribution >= 0.6 is 0 Å². The summed E-state index contributed by atoms with van der Waals surface area (Å²) in [5.41, 5.74) is 4.27. The smallest absolute Gasteiger partial charge is 0.145 e. The third-order valence-electron chi connectivity index (χ3n) is 4.93. The Labute approximate surface area is 166 Å². The Morgan fingerprint density at radius 2 is 1.46 bits per heavy atom. The van der Waals surface area contributed by atoms with Crippen molar-refractivity contribution in [3.63, 3.8) is 0 Å². The van der Waals surface area contributed by atoms with Crippen molar-refractivity contribution in [2.45, 2.75) is 19.6 Å². The van der Waals surface area contributed by atoms with Crippen molar-refractivity contribution < 1.29 is 13.6 Å². The fourth-order valence-electron chi connectivity index (χ4n) is 3.44. The molecule has 0 N–H and O–H groups in total. The number of ether oxygens (including phenoxy) is 1. The van der Waals surface area contributed by atoms with E-state index in [0.29, 0.717) is 0 Å². The molecule has 0 atom stereocenters. The molecule has 0 bridgehead atoms. The third kappa shape index (κ3) is 3.31. The van der Waals surface area contributed by atoms with Gasteiger partial charge >= 0.3 is 0 Å². The van der Waals surface area contributed by atoms with Gasteiger partial charge in [-0.25, -0.2) is 0 Å². The molecule has 4 heteroatoms. The molecule has 0 aliphatic rings. The molecule has 4 rings (SSSR count). The van der Waals surface area contributed by atoms with Gasteiger partial charge in [0, 0.05) is 11.1 Å². The van der Waals surface area contributed by atoms with Gasteiger partial charge in [0.05, 0.1) is 33.3 Å². The van der Waals surface area contributed by atoms with Gasteiger partial charge in [-0.15, -0.1) is 0 Å². The summed E-state index contributed by atoms with van der Waals surface area (Å²) < 4.78 is 17.5. The van der Waals surface area contributed by atoms with Crippen LogP contribution in [0.15, 0.2) is 82.0 Å². The maximum atomic E-state index is 6.11. The minimum Gasteiger partial charge on any atom is -0.497 e. The Morgan fingerprint density at radius 1 is 0.750 bits per heavy atom. The zero-order valence-electron chi connectivity index (χ0n) is 16.7. The van der Waals surface area contributed by atoms with E-state index in [1.807, 2.05) is 42.7 Å².